The summed E-state index contributed by atoms with van der Waals surface area (Å²) in [6.45, 7) is 1.71. The van der Waals surface area contributed by atoms with Crippen molar-refractivity contribution in [2.75, 3.05) is 11.9 Å². The predicted octanol–water partition coefficient (Wildman–Crippen LogP) is 3.17. The van der Waals surface area contributed by atoms with Gasteiger partial charge in [0.2, 0.25) is 0 Å². The molecule has 4 fully saturated rings. The second-order valence-electron chi connectivity index (χ2n) is 7.51. The molecule has 1 aromatic rings. The molecule has 3 nitrogen and oxygen atoms in total. The molecule has 0 spiro atoms. The van der Waals surface area contributed by atoms with Gasteiger partial charge in [-0.15, -0.1) is 0 Å². The summed E-state index contributed by atoms with van der Waals surface area (Å²) in [5, 5.41) is 3.68. The lowest BCUT2D eigenvalue weighted by atomic mass is 9.49. The van der Waals surface area contributed by atoms with Gasteiger partial charge in [-0.1, -0.05) is 0 Å². The second-order valence-corrected chi connectivity index (χ2v) is 7.51. The van der Waals surface area contributed by atoms with Gasteiger partial charge in [0, 0.05) is 19.3 Å². The van der Waals surface area contributed by atoms with E-state index in [0.717, 1.165) is 30.0 Å². The van der Waals surface area contributed by atoms with E-state index in [0.29, 0.717) is 12.0 Å². The fourth-order valence-electron chi connectivity index (χ4n) is 5.55. The lowest BCUT2D eigenvalue weighted by molar-refractivity contribution is -0.0444. The maximum atomic E-state index is 5.82. The van der Waals surface area contributed by atoms with Crippen molar-refractivity contribution in [1.29, 1.82) is 0 Å². The van der Waals surface area contributed by atoms with Crippen molar-refractivity contribution in [3.63, 3.8) is 0 Å². The van der Waals surface area contributed by atoms with Crippen molar-refractivity contribution in [3.05, 3.63) is 24.0 Å². The normalized spacial score (nSPS) is 38.1. The van der Waals surface area contributed by atoms with E-state index in [1.807, 2.05) is 18.5 Å². The number of nitrogens with one attached hydrogen (secondary N) is 1. The van der Waals surface area contributed by atoms with Crippen molar-refractivity contribution in [2.24, 2.45) is 28.9 Å². The van der Waals surface area contributed by atoms with Crippen molar-refractivity contribution >= 4 is 5.69 Å². The van der Waals surface area contributed by atoms with E-state index in [1.54, 1.807) is 0 Å². The lowest BCUT2D eigenvalue weighted by Gasteiger charge is -2.57. The van der Waals surface area contributed by atoms with Crippen LogP contribution in [0.1, 0.15) is 44.1 Å². The van der Waals surface area contributed by atoms with E-state index in [2.05, 4.69) is 10.3 Å². The highest BCUT2D eigenvalue weighted by molar-refractivity contribution is 5.49. The SMILES string of the molecule is NCc1ccncc1NCC12CC3CC(CC(C3)C1)C2. The minimum Gasteiger partial charge on any atom is -0.383 e. The van der Waals surface area contributed by atoms with Crippen LogP contribution in [0.3, 0.4) is 0 Å². The zero-order chi connectivity index (χ0) is 13.6. The number of hydrogen-bond donors (Lipinski definition) is 2. The molecule has 3 heteroatoms. The Kier molecular flexibility index (Phi) is 2.99. The Labute approximate surface area is 121 Å². The molecule has 0 aliphatic heterocycles. The van der Waals surface area contributed by atoms with Crippen molar-refractivity contribution in [3.8, 4) is 0 Å². The zero-order valence-electron chi connectivity index (χ0n) is 12.1. The molecule has 5 rings (SSSR count). The first-order chi connectivity index (χ1) is 9.76. The summed E-state index contributed by atoms with van der Waals surface area (Å²) in [5.74, 6) is 3.06. The standard InChI is InChI=1S/C17H25N3/c18-9-15-1-2-19-10-16(15)20-11-17-6-12-3-13(7-17)5-14(4-12)8-17/h1-2,10,12-14,20H,3-9,11,18H2. The van der Waals surface area contributed by atoms with Crippen LogP contribution in [-0.2, 0) is 6.54 Å². The molecule has 20 heavy (non-hydrogen) atoms. The highest BCUT2D eigenvalue weighted by atomic mass is 14.9. The summed E-state index contributed by atoms with van der Waals surface area (Å²) >= 11 is 0. The first-order valence-electron chi connectivity index (χ1n) is 8.13. The van der Waals surface area contributed by atoms with Crippen molar-refractivity contribution < 1.29 is 0 Å². The monoisotopic (exact) mass is 271 g/mol. The third-order valence-corrected chi connectivity index (χ3v) is 5.95. The van der Waals surface area contributed by atoms with Gasteiger partial charge in [0.15, 0.2) is 0 Å². The third kappa shape index (κ3) is 2.12. The topological polar surface area (TPSA) is 50.9 Å². The summed E-state index contributed by atoms with van der Waals surface area (Å²) < 4.78 is 0. The maximum Gasteiger partial charge on any atom is 0.0572 e. The molecule has 3 N–H and O–H groups in total. The molecule has 0 saturated heterocycles. The first-order valence-corrected chi connectivity index (χ1v) is 8.13. The van der Waals surface area contributed by atoms with Crippen LogP contribution in [-0.4, -0.2) is 11.5 Å². The van der Waals surface area contributed by atoms with Crippen LogP contribution in [0.15, 0.2) is 18.5 Å². The molecule has 4 aliphatic rings. The molecule has 0 aromatic carbocycles. The van der Waals surface area contributed by atoms with Gasteiger partial charge in [0.1, 0.15) is 0 Å². The van der Waals surface area contributed by atoms with Crippen LogP contribution in [0, 0.1) is 23.2 Å². The fraction of sp³-hybridized carbons (Fsp3) is 0.706. The fourth-order valence-corrected chi connectivity index (χ4v) is 5.55. The minimum absolute atomic E-state index is 0.566. The molecule has 4 aliphatic carbocycles. The van der Waals surface area contributed by atoms with Crippen LogP contribution in [0.4, 0.5) is 5.69 Å². The number of nitrogens with two attached hydrogens (primary N) is 1. The highest BCUT2D eigenvalue weighted by Crippen LogP contribution is 2.59. The number of rotatable bonds is 4. The Bertz CT molecular complexity index is 461. The quantitative estimate of drug-likeness (QED) is 0.884. The van der Waals surface area contributed by atoms with Crippen LogP contribution in [0.25, 0.3) is 0 Å². The summed E-state index contributed by atoms with van der Waals surface area (Å²) in [5.41, 5.74) is 8.71. The molecule has 4 bridgehead atoms. The maximum absolute atomic E-state index is 5.82. The molecule has 0 atom stereocenters. The highest BCUT2D eigenvalue weighted by Gasteiger charge is 2.50. The van der Waals surface area contributed by atoms with E-state index in [9.17, 15) is 0 Å². The second kappa shape index (κ2) is 4.73. The average molecular weight is 271 g/mol. The van der Waals surface area contributed by atoms with Crippen molar-refractivity contribution in [1.82, 2.24) is 4.98 Å². The molecule has 0 unspecified atom stereocenters. The van der Waals surface area contributed by atoms with E-state index in [1.165, 1.54) is 44.1 Å². The minimum atomic E-state index is 0.566. The summed E-state index contributed by atoms with van der Waals surface area (Å²) in [6, 6.07) is 2.03. The van der Waals surface area contributed by atoms with Crippen LogP contribution in [0.5, 0.6) is 0 Å². The predicted molar refractivity (Wildman–Crippen MR) is 81.2 cm³/mol. The van der Waals surface area contributed by atoms with Gasteiger partial charge in [-0.2, -0.15) is 0 Å². The molecule has 0 amide bonds. The van der Waals surface area contributed by atoms with Crippen molar-refractivity contribution in [2.45, 2.75) is 45.1 Å². The first kappa shape index (κ1) is 12.6. The number of anilines is 1. The Morgan fingerprint density at radius 2 is 1.80 bits per heavy atom. The molecule has 0 radical (unpaired) electrons. The Morgan fingerprint density at radius 3 is 2.40 bits per heavy atom. The van der Waals surface area contributed by atoms with Gasteiger partial charge in [-0.25, -0.2) is 0 Å². The number of pyridine rings is 1. The summed E-state index contributed by atoms with van der Waals surface area (Å²) in [6.07, 6.45) is 12.7. The largest absolute Gasteiger partial charge is 0.383 e. The average Bonchev–Trinajstić information content (AvgIpc) is 2.44. The number of nitrogens with zero attached hydrogens (tertiary/aromatic N) is 1. The summed E-state index contributed by atoms with van der Waals surface area (Å²) in [4.78, 5) is 4.24. The molecule has 4 saturated carbocycles. The van der Waals surface area contributed by atoms with Gasteiger partial charge in [0.25, 0.3) is 0 Å². The Hall–Kier alpha value is -1.09. The van der Waals surface area contributed by atoms with E-state index in [-0.39, 0.29) is 0 Å². The van der Waals surface area contributed by atoms with Gasteiger partial charge in [-0.05, 0) is 73.3 Å². The van der Waals surface area contributed by atoms with Gasteiger partial charge in [0.05, 0.1) is 11.9 Å². The number of aromatic nitrogens is 1. The van der Waals surface area contributed by atoms with E-state index >= 15 is 0 Å². The Morgan fingerprint density at radius 1 is 1.15 bits per heavy atom. The molecular weight excluding hydrogens is 246 g/mol. The van der Waals surface area contributed by atoms with Crippen LogP contribution in [0.2, 0.25) is 0 Å². The van der Waals surface area contributed by atoms with Crippen LogP contribution < -0.4 is 11.1 Å². The molecule has 1 heterocycles. The van der Waals surface area contributed by atoms with E-state index < -0.39 is 0 Å². The number of hydrogen-bond acceptors (Lipinski definition) is 3. The van der Waals surface area contributed by atoms with Crippen LogP contribution >= 0.6 is 0 Å². The van der Waals surface area contributed by atoms with Gasteiger partial charge < -0.3 is 11.1 Å². The smallest absolute Gasteiger partial charge is 0.0572 e. The summed E-state index contributed by atoms with van der Waals surface area (Å²) in [7, 11) is 0. The van der Waals surface area contributed by atoms with Gasteiger partial charge >= 0.3 is 0 Å². The Balaban J connectivity index is 1.49. The molecular formula is C17H25N3. The van der Waals surface area contributed by atoms with Gasteiger partial charge in [-0.3, -0.25) is 4.98 Å². The third-order valence-electron chi connectivity index (χ3n) is 5.95. The zero-order valence-corrected chi connectivity index (χ0v) is 12.1. The molecule has 108 valence electrons. The molecule has 1 aromatic heterocycles. The lowest BCUT2D eigenvalue weighted by Crippen LogP contribution is -2.49. The van der Waals surface area contributed by atoms with E-state index in [4.69, 9.17) is 5.73 Å².